The van der Waals surface area contributed by atoms with Crippen LogP contribution in [-0.2, 0) is 0 Å². The van der Waals surface area contributed by atoms with Crippen LogP contribution in [0.4, 0.5) is 0 Å². The Kier molecular flexibility index (Phi) is 40.0. The number of unbranched alkanes of at least 4 members (excludes halogenated alkanes) is 33. The molecule has 0 N–H and O–H groups in total. The Hall–Kier alpha value is 0. The van der Waals surface area contributed by atoms with Crippen molar-refractivity contribution in [3.05, 3.63) is 6.92 Å². The molecule has 0 aliphatic rings. The fourth-order valence-corrected chi connectivity index (χ4v) is 7.21. The average Bonchev–Trinajstić information content (AvgIpc) is 3.01. The molecule has 0 aromatic carbocycles. The zero-order valence-electron chi connectivity index (χ0n) is 30.9. The summed E-state index contributed by atoms with van der Waals surface area (Å²) in [6.07, 6.45) is 57.1. The Balaban J connectivity index is 3.31. The van der Waals surface area contributed by atoms with E-state index in [1.54, 1.807) is 0 Å². The molecule has 0 spiro atoms. The summed E-state index contributed by atoms with van der Waals surface area (Å²) in [5.41, 5.74) is 0. The van der Waals surface area contributed by atoms with Crippen molar-refractivity contribution in [1.29, 1.82) is 0 Å². The molecule has 0 amide bonds. The molecule has 0 saturated carbocycles. The summed E-state index contributed by atoms with van der Waals surface area (Å²) in [7, 11) is 0. The highest BCUT2D eigenvalue weighted by Crippen LogP contribution is 2.23. The fourth-order valence-electron chi connectivity index (χ4n) is 7.21. The summed E-state index contributed by atoms with van der Waals surface area (Å²) >= 11 is 0. The van der Waals surface area contributed by atoms with Gasteiger partial charge in [0.2, 0.25) is 0 Å². The van der Waals surface area contributed by atoms with Crippen LogP contribution in [0, 0.1) is 12.8 Å². The van der Waals surface area contributed by atoms with E-state index in [1.807, 2.05) is 0 Å². The van der Waals surface area contributed by atoms with Crippen molar-refractivity contribution in [2.75, 3.05) is 0 Å². The number of hydrogen-bond acceptors (Lipinski definition) is 0. The van der Waals surface area contributed by atoms with Gasteiger partial charge in [0.1, 0.15) is 0 Å². The Labute approximate surface area is 276 Å². The normalized spacial score (nSPS) is 12.3. The van der Waals surface area contributed by atoms with Gasteiger partial charge in [-0.25, -0.2) is 0 Å². The summed E-state index contributed by atoms with van der Waals surface area (Å²) < 4.78 is 0. The standard InChI is InChI=1S/C43H87/c1-4-7-9-11-13-15-17-19-20-21-22-23-24-25-26-27-29-31-33-35-37-39-42-43(40-6-3)41-38-36-34-32-30-28-18-16-14-12-10-8-5-2/h43H,3-42H2,1-2H3. The van der Waals surface area contributed by atoms with Crippen molar-refractivity contribution < 1.29 is 0 Å². The van der Waals surface area contributed by atoms with Crippen LogP contribution < -0.4 is 0 Å². The summed E-state index contributed by atoms with van der Waals surface area (Å²) in [4.78, 5) is 0. The number of hydrogen-bond donors (Lipinski definition) is 0. The summed E-state index contributed by atoms with van der Waals surface area (Å²) in [5, 5.41) is 0. The van der Waals surface area contributed by atoms with Crippen molar-refractivity contribution in [1.82, 2.24) is 0 Å². The smallest absolute Gasteiger partial charge is 0.0414 e. The molecule has 0 saturated heterocycles. The minimum absolute atomic E-state index is 0.968. The second kappa shape index (κ2) is 40.0. The Morgan fingerprint density at radius 1 is 0.256 bits per heavy atom. The van der Waals surface area contributed by atoms with E-state index in [0.29, 0.717) is 0 Å². The Bertz CT molecular complexity index is 453. The van der Waals surface area contributed by atoms with Gasteiger partial charge in [0.25, 0.3) is 0 Å². The maximum atomic E-state index is 4.18. The molecule has 0 bridgehead atoms. The molecule has 0 aliphatic heterocycles. The lowest BCUT2D eigenvalue weighted by molar-refractivity contribution is 0.381. The van der Waals surface area contributed by atoms with Crippen molar-refractivity contribution in [3.8, 4) is 0 Å². The SMILES string of the molecule is [CH2]CCC(CCCCCCCCCCCCCCC)CCCCCCCCCCCCCCCCCCCCCCCC. The van der Waals surface area contributed by atoms with Gasteiger partial charge in [0, 0.05) is 0 Å². The van der Waals surface area contributed by atoms with Gasteiger partial charge in [0.05, 0.1) is 0 Å². The first-order chi connectivity index (χ1) is 21.3. The molecule has 1 unspecified atom stereocenters. The first-order valence-corrected chi connectivity index (χ1v) is 21.1. The Morgan fingerprint density at radius 2 is 0.442 bits per heavy atom. The largest absolute Gasteiger partial charge is 0.0654 e. The minimum atomic E-state index is 0.968. The summed E-state index contributed by atoms with van der Waals surface area (Å²) in [6, 6.07) is 0. The van der Waals surface area contributed by atoms with E-state index in [9.17, 15) is 0 Å². The van der Waals surface area contributed by atoms with E-state index in [1.165, 1.54) is 244 Å². The van der Waals surface area contributed by atoms with Crippen LogP contribution in [0.1, 0.15) is 264 Å². The molecular formula is C43H87. The van der Waals surface area contributed by atoms with Crippen LogP contribution in [0.3, 0.4) is 0 Å². The average molecular weight is 604 g/mol. The van der Waals surface area contributed by atoms with Crippen LogP contribution in [0.2, 0.25) is 0 Å². The molecule has 0 heterocycles. The van der Waals surface area contributed by atoms with Gasteiger partial charge in [-0.1, -0.05) is 271 Å². The third-order valence-electron chi connectivity index (χ3n) is 10.3. The van der Waals surface area contributed by atoms with E-state index in [0.717, 1.165) is 12.3 Å². The highest BCUT2D eigenvalue weighted by Gasteiger charge is 2.07. The first-order valence-electron chi connectivity index (χ1n) is 21.1. The van der Waals surface area contributed by atoms with Gasteiger partial charge in [-0.3, -0.25) is 0 Å². The topological polar surface area (TPSA) is 0 Å². The lowest BCUT2D eigenvalue weighted by Crippen LogP contribution is -2.00. The van der Waals surface area contributed by atoms with E-state index in [2.05, 4.69) is 20.8 Å². The minimum Gasteiger partial charge on any atom is -0.0654 e. The maximum Gasteiger partial charge on any atom is -0.0414 e. The van der Waals surface area contributed by atoms with Crippen LogP contribution in [0.15, 0.2) is 0 Å². The molecule has 259 valence electrons. The molecule has 0 nitrogen and oxygen atoms in total. The molecule has 43 heavy (non-hydrogen) atoms. The monoisotopic (exact) mass is 604 g/mol. The van der Waals surface area contributed by atoms with E-state index < -0.39 is 0 Å². The van der Waals surface area contributed by atoms with Crippen molar-refractivity contribution >= 4 is 0 Å². The second-order valence-electron chi connectivity index (χ2n) is 14.8. The van der Waals surface area contributed by atoms with Crippen LogP contribution in [0.25, 0.3) is 0 Å². The van der Waals surface area contributed by atoms with E-state index >= 15 is 0 Å². The Morgan fingerprint density at radius 3 is 0.628 bits per heavy atom. The predicted molar refractivity (Wildman–Crippen MR) is 200 cm³/mol. The lowest BCUT2D eigenvalue weighted by atomic mass is 9.90. The molecule has 0 fully saturated rings. The van der Waals surface area contributed by atoms with Crippen molar-refractivity contribution in [2.24, 2.45) is 5.92 Å². The van der Waals surface area contributed by atoms with Gasteiger partial charge in [-0.15, -0.1) is 0 Å². The zero-order chi connectivity index (χ0) is 31.2. The molecule has 1 atom stereocenters. The first kappa shape index (κ1) is 43.0. The third kappa shape index (κ3) is 38.1. The molecule has 1 radical (unpaired) electrons. The molecule has 0 aromatic heterocycles. The predicted octanol–water partition coefficient (Wildman–Crippen LogP) is 16.7. The maximum absolute atomic E-state index is 4.18. The highest BCUT2D eigenvalue weighted by molar-refractivity contribution is 4.62. The fraction of sp³-hybridized carbons (Fsp3) is 0.977. The lowest BCUT2D eigenvalue weighted by Gasteiger charge is -2.16. The van der Waals surface area contributed by atoms with Crippen LogP contribution in [0.5, 0.6) is 0 Å². The van der Waals surface area contributed by atoms with Gasteiger partial charge in [-0.05, 0) is 5.92 Å². The third-order valence-corrected chi connectivity index (χ3v) is 10.3. The van der Waals surface area contributed by atoms with E-state index in [4.69, 9.17) is 0 Å². The van der Waals surface area contributed by atoms with E-state index in [-0.39, 0.29) is 0 Å². The molecular weight excluding hydrogens is 516 g/mol. The van der Waals surface area contributed by atoms with Gasteiger partial charge >= 0.3 is 0 Å². The molecule has 0 aromatic rings. The second-order valence-corrected chi connectivity index (χ2v) is 14.8. The van der Waals surface area contributed by atoms with Crippen LogP contribution >= 0.6 is 0 Å². The summed E-state index contributed by atoms with van der Waals surface area (Å²) in [6.45, 7) is 8.80. The quantitative estimate of drug-likeness (QED) is 0.0613. The van der Waals surface area contributed by atoms with Gasteiger partial charge in [0.15, 0.2) is 0 Å². The molecule has 0 heteroatoms. The molecule has 0 aliphatic carbocycles. The molecule has 0 rings (SSSR count). The van der Waals surface area contributed by atoms with Crippen LogP contribution in [-0.4, -0.2) is 0 Å². The van der Waals surface area contributed by atoms with Crippen molar-refractivity contribution in [2.45, 2.75) is 264 Å². The van der Waals surface area contributed by atoms with Crippen molar-refractivity contribution in [3.63, 3.8) is 0 Å². The number of rotatable bonds is 39. The van der Waals surface area contributed by atoms with Gasteiger partial charge in [-0.2, -0.15) is 0 Å². The summed E-state index contributed by atoms with van der Waals surface area (Å²) in [5.74, 6) is 0.968. The van der Waals surface area contributed by atoms with Gasteiger partial charge < -0.3 is 0 Å². The highest BCUT2D eigenvalue weighted by atomic mass is 14.1. The zero-order valence-corrected chi connectivity index (χ0v) is 30.9.